The number of nitrogens with zero attached hydrogens (tertiary/aromatic N) is 2. The van der Waals surface area contributed by atoms with Crippen LogP contribution in [0.2, 0.25) is 5.02 Å². The standard InChI is InChI=1S/C24H30ClN3O5S2/c25-20-5-9-22(10-6-20)35(32,33)28-17-13-19(14-18-28)24(29)26-21-7-11-23(12-8-21)34(30,31)27-15-3-1-2-4-16-27/h5-12,19H,1-4,13-18H2,(H,26,29). The largest absolute Gasteiger partial charge is 0.326 e. The molecule has 2 aromatic rings. The number of halogens is 1. The third kappa shape index (κ3) is 6.06. The van der Waals surface area contributed by atoms with E-state index in [1.807, 2.05) is 0 Å². The predicted molar refractivity (Wildman–Crippen MR) is 135 cm³/mol. The van der Waals surface area contributed by atoms with Crippen molar-refractivity contribution in [3.8, 4) is 0 Å². The van der Waals surface area contributed by atoms with E-state index in [9.17, 15) is 21.6 Å². The Balaban J connectivity index is 1.34. The van der Waals surface area contributed by atoms with E-state index in [4.69, 9.17) is 11.6 Å². The molecule has 8 nitrogen and oxygen atoms in total. The third-order valence-electron chi connectivity index (χ3n) is 6.60. The van der Waals surface area contributed by atoms with Crippen molar-refractivity contribution in [2.24, 2.45) is 5.92 Å². The van der Waals surface area contributed by atoms with Crippen LogP contribution in [-0.2, 0) is 24.8 Å². The fourth-order valence-corrected chi connectivity index (χ4v) is 7.61. The molecule has 4 rings (SSSR count). The number of anilines is 1. The Hall–Kier alpha value is -1.98. The van der Waals surface area contributed by atoms with Gasteiger partial charge in [-0.3, -0.25) is 4.79 Å². The molecule has 0 bridgehead atoms. The van der Waals surface area contributed by atoms with Crippen LogP contribution in [0.5, 0.6) is 0 Å². The van der Waals surface area contributed by atoms with Gasteiger partial charge in [-0.15, -0.1) is 0 Å². The normalized spacial score (nSPS) is 19.2. The quantitative estimate of drug-likeness (QED) is 0.598. The molecule has 2 aliphatic rings. The van der Waals surface area contributed by atoms with E-state index in [1.54, 1.807) is 28.6 Å². The molecule has 0 atom stereocenters. The lowest BCUT2D eigenvalue weighted by Crippen LogP contribution is -2.41. The van der Waals surface area contributed by atoms with Gasteiger partial charge < -0.3 is 5.32 Å². The highest BCUT2D eigenvalue weighted by molar-refractivity contribution is 7.89. The first-order chi connectivity index (χ1) is 16.7. The van der Waals surface area contributed by atoms with Gasteiger partial charge in [0.2, 0.25) is 26.0 Å². The van der Waals surface area contributed by atoms with E-state index >= 15 is 0 Å². The van der Waals surface area contributed by atoms with Gasteiger partial charge in [0.1, 0.15) is 0 Å². The zero-order valence-electron chi connectivity index (χ0n) is 19.4. The number of hydrogen-bond donors (Lipinski definition) is 1. The summed E-state index contributed by atoms with van der Waals surface area (Å²) in [6, 6.07) is 12.3. The lowest BCUT2D eigenvalue weighted by Gasteiger charge is -2.30. The molecule has 190 valence electrons. The Morgan fingerprint density at radius 2 is 1.17 bits per heavy atom. The van der Waals surface area contributed by atoms with Gasteiger partial charge in [-0.2, -0.15) is 8.61 Å². The molecule has 2 aromatic carbocycles. The molecule has 0 aliphatic carbocycles. The molecule has 1 N–H and O–H groups in total. The highest BCUT2D eigenvalue weighted by Gasteiger charge is 2.32. The molecular formula is C24H30ClN3O5S2. The van der Waals surface area contributed by atoms with E-state index in [0.717, 1.165) is 25.7 Å². The van der Waals surface area contributed by atoms with Crippen LogP contribution >= 0.6 is 11.6 Å². The summed E-state index contributed by atoms with van der Waals surface area (Å²) in [5.41, 5.74) is 0.515. The minimum absolute atomic E-state index is 0.181. The second-order valence-corrected chi connectivity index (χ2v) is 13.3. The van der Waals surface area contributed by atoms with Crippen LogP contribution < -0.4 is 5.32 Å². The van der Waals surface area contributed by atoms with Crippen LogP contribution in [0.4, 0.5) is 5.69 Å². The minimum atomic E-state index is -3.64. The summed E-state index contributed by atoms with van der Waals surface area (Å²) >= 11 is 5.86. The summed E-state index contributed by atoms with van der Waals surface area (Å²) in [6.07, 6.45) is 4.63. The number of sulfonamides is 2. The maximum atomic E-state index is 12.9. The van der Waals surface area contributed by atoms with Crippen molar-refractivity contribution in [2.45, 2.75) is 48.3 Å². The summed E-state index contributed by atoms with van der Waals surface area (Å²) in [5.74, 6) is -0.524. The SMILES string of the molecule is O=C(Nc1ccc(S(=O)(=O)N2CCCCCC2)cc1)C1CCN(S(=O)(=O)c2ccc(Cl)cc2)CC1. The zero-order valence-corrected chi connectivity index (χ0v) is 21.8. The molecule has 2 saturated heterocycles. The van der Waals surface area contributed by atoms with E-state index in [2.05, 4.69) is 5.32 Å². The molecule has 2 heterocycles. The molecule has 2 fully saturated rings. The fraction of sp³-hybridized carbons (Fsp3) is 0.458. The maximum Gasteiger partial charge on any atom is 0.243 e. The molecule has 0 unspecified atom stereocenters. The summed E-state index contributed by atoms with van der Waals surface area (Å²) in [4.78, 5) is 13.2. The third-order valence-corrected chi connectivity index (χ3v) is 10.7. The lowest BCUT2D eigenvalue weighted by molar-refractivity contribution is -0.120. The van der Waals surface area contributed by atoms with Crippen molar-refractivity contribution in [1.29, 1.82) is 0 Å². The first-order valence-corrected chi connectivity index (χ1v) is 15.1. The van der Waals surface area contributed by atoms with Crippen molar-refractivity contribution >= 4 is 43.2 Å². The minimum Gasteiger partial charge on any atom is -0.326 e. The van der Waals surface area contributed by atoms with E-state index < -0.39 is 20.0 Å². The Kier molecular flexibility index (Phi) is 8.17. The van der Waals surface area contributed by atoms with Crippen LogP contribution in [0.15, 0.2) is 58.3 Å². The van der Waals surface area contributed by atoms with Gasteiger partial charge >= 0.3 is 0 Å². The highest BCUT2D eigenvalue weighted by atomic mass is 35.5. The maximum absolute atomic E-state index is 12.9. The first-order valence-electron chi connectivity index (χ1n) is 11.8. The van der Waals surface area contributed by atoms with Crippen LogP contribution in [0.1, 0.15) is 38.5 Å². The molecule has 2 aliphatic heterocycles. The number of nitrogens with one attached hydrogen (secondary N) is 1. The molecule has 35 heavy (non-hydrogen) atoms. The van der Waals surface area contributed by atoms with Crippen molar-refractivity contribution in [3.05, 3.63) is 53.6 Å². The molecule has 0 radical (unpaired) electrons. The van der Waals surface area contributed by atoms with Gasteiger partial charge in [0.25, 0.3) is 0 Å². The molecule has 0 saturated carbocycles. The van der Waals surface area contributed by atoms with Gasteiger partial charge in [0.15, 0.2) is 0 Å². The van der Waals surface area contributed by atoms with Gasteiger partial charge in [0.05, 0.1) is 9.79 Å². The fourth-order valence-electron chi connectivity index (χ4n) is 4.50. The van der Waals surface area contributed by atoms with Crippen molar-refractivity contribution in [3.63, 3.8) is 0 Å². The number of hydrogen-bond acceptors (Lipinski definition) is 5. The zero-order chi connectivity index (χ0) is 25.1. The van der Waals surface area contributed by atoms with Gasteiger partial charge in [-0.05, 0) is 74.2 Å². The monoisotopic (exact) mass is 539 g/mol. The van der Waals surface area contributed by atoms with Crippen molar-refractivity contribution in [1.82, 2.24) is 8.61 Å². The molecule has 0 spiro atoms. The Bertz CT molecular complexity index is 1230. The van der Waals surface area contributed by atoms with Gasteiger partial charge in [-0.25, -0.2) is 16.8 Å². The van der Waals surface area contributed by atoms with Crippen LogP contribution in [0.25, 0.3) is 0 Å². The Morgan fingerprint density at radius 3 is 1.69 bits per heavy atom. The van der Waals surface area contributed by atoms with E-state index in [1.165, 1.54) is 28.6 Å². The van der Waals surface area contributed by atoms with Gasteiger partial charge in [-0.1, -0.05) is 24.4 Å². The lowest BCUT2D eigenvalue weighted by atomic mass is 9.97. The number of rotatable bonds is 6. The van der Waals surface area contributed by atoms with Gasteiger partial charge in [0, 0.05) is 42.8 Å². The summed E-state index contributed by atoms with van der Waals surface area (Å²) in [5, 5.41) is 3.31. The molecular weight excluding hydrogens is 510 g/mol. The molecule has 1 amide bonds. The molecule has 11 heteroatoms. The predicted octanol–water partition coefficient (Wildman–Crippen LogP) is 3.94. The van der Waals surface area contributed by atoms with E-state index in [0.29, 0.717) is 36.6 Å². The Labute approximate surface area is 212 Å². The molecule has 0 aromatic heterocycles. The highest BCUT2D eigenvalue weighted by Crippen LogP contribution is 2.26. The summed E-state index contributed by atoms with van der Waals surface area (Å²) < 4.78 is 54.5. The average molecular weight is 540 g/mol. The summed E-state index contributed by atoms with van der Waals surface area (Å²) in [6.45, 7) is 1.56. The topological polar surface area (TPSA) is 104 Å². The number of amides is 1. The second-order valence-electron chi connectivity index (χ2n) is 8.96. The van der Waals surface area contributed by atoms with Crippen LogP contribution in [0, 0.1) is 5.92 Å². The van der Waals surface area contributed by atoms with Crippen molar-refractivity contribution < 1.29 is 21.6 Å². The van der Waals surface area contributed by atoms with E-state index in [-0.39, 0.29) is 34.7 Å². The number of benzene rings is 2. The van der Waals surface area contributed by atoms with Crippen molar-refractivity contribution in [2.75, 3.05) is 31.5 Å². The number of carbonyl (C=O) groups excluding carboxylic acids is 1. The van der Waals surface area contributed by atoms with Crippen LogP contribution in [0.3, 0.4) is 0 Å². The number of carbonyl (C=O) groups is 1. The average Bonchev–Trinajstić information content (AvgIpc) is 3.15. The summed E-state index contributed by atoms with van der Waals surface area (Å²) in [7, 11) is -7.18. The van der Waals surface area contributed by atoms with Crippen LogP contribution in [-0.4, -0.2) is 57.5 Å². The first kappa shape index (κ1) is 26.1. The Morgan fingerprint density at radius 1 is 0.714 bits per heavy atom. The smallest absolute Gasteiger partial charge is 0.243 e. The second kappa shape index (κ2) is 11.0. The number of piperidine rings is 1.